The molecule has 8 nitrogen and oxygen atoms in total. The molecule has 0 atom stereocenters. The molecule has 2 aromatic heterocycles. The van der Waals surface area contributed by atoms with E-state index >= 15 is 0 Å². The van der Waals surface area contributed by atoms with Gasteiger partial charge in [0.15, 0.2) is 0 Å². The molecule has 0 amide bonds. The van der Waals surface area contributed by atoms with Crippen LogP contribution in [0.4, 0.5) is 5.82 Å². The number of aromatic nitrogens is 3. The minimum absolute atomic E-state index is 0.0991. The van der Waals surface area contributed by atoms with Crippen LogP contribution in [-0.2, 0) is 4.74 Å². The summed E-state index contributed by atoms with van der Waals surface area (Å²) in [5, 5.41) is 11.9. The normalized spacial score (nSPS) is 10.2. The average molecular weight is 335 g/mol. The van der Waals surface area contributed by atoms with Crippen LogP contribution in [0.25, 0.3) is 11.0 Å². The highest BCUT2D eigenvalue weighted by Crippen LogP contribution is 2.11. The topological polar surface area (TPSA) is 121 Å². The zero-order valence-electron chi connectivity index (χ0n) is 13.0. The predicted molar refractivity (Wildman–Crippen MR) is 90.1 cm³/mol. The predicted octanol–water partition coefficient (Wildman–Crippen LogP) is 1.46. The van der Waals surface area contributed by atoms with Gasteiger partial charge in [0, 0.05) is 6.20 Å². The van der Waals surface area contributed by atoms with Gasteiger partial charge in [-0.25, -0.2) is 14.8 Å². The molecule has 2 N–H and O–H groups in total. The highest BCUT2D eigenvalue weighted by Gasteiger charge is 2.09. The number of ether oxygens (including phenoxy) is 1. The van der Waals surface area contributed by atoms with E-state index in [9.17, 15) is 9.59 Å². The van der Waals surface area contributed by atoms with Gasteiger partial charge in [-0.05, 0) is 30.3 Å². The van der Waals surface area contributed by atoms with Gasteiger partial charge >= 0.3 is 5.97 Å². The molecule has 0 aliphatic carbocycles. The Kier molecular flexibility index (Phi) is 4.67. The van der Waals surface area contributed by atoms with E-state index in [1.165, 1.54) is 12.3 Å². The molecular formula is C17H13N5O3. The number of nitrogens with zero attached hydrogens (tertiary/aromatic N) is 3. The Labute approximate surface area is 142 Å². The molecule has 0 aliphatic rings. The van der Waals surface area contributed by atoms with Crippen molar-refractivity contribution in [3.63, 3.8) is 0 Å². The van der Waals surface area contributed by atoms with Crippen LogP contribution in [0, 0.1) is 11.3 Å². The lowest BCUT2D eigenvalue weighted by Crippen LogP contribution is -2.15. The van der Waals surface area contributed by atoms with Crippen molar-refractivity contribution < 1.29 is 9.53 Å². The molecule has 3 aromatic rings. The standard InChI is InChI=1S/C17H13N5O3/c18-9-12-2-1-5-19-16(12)20-6-7-25-17(24)11-3-4-13-14(8-11)22-15(23)10-21-13/h1-5,8,10H,6-7H2,(H,19,20)(H,22,23). The summed E-state index contributed by atoms with van der Waals surface area (Å²) < 4.78 is 5.18. The summed E-state index contributed by atoms with van der Waals surface area (Å²) in [7, 11) is 0. The fourth-order valence-corrected chi connectivity index (χ4v) is 2.20. The number of nitriles is 1. The largest absolute Gasteiger partial charge is 0.460 e. The minimum Gasteiger partial charge on any atom is -0.460 e. The number of esters is 1. The maximum Gasteiger partial charge on any atom is 0.338 e. The summed E-state index contributed by atoms with van der Waals surface area (Å²) >= 11 is 0. The summed E-state index contributed by atoms with van der Waals surface area (Å²) in [5.74, 6) is -0.0784. The third kappa shape index (κ3) is 3.79. The minimum atomic E-state index is -0.519. The van der Waals surface area contributed by atoms with Gasteiger partial charge in [-0.1, -0.05) is 0 Å². The van der Waals surface area contributed by atoms with Gasteiger partial charge in [-0.15, -0.1) is 0 Å². The summed E-state index contributed by atoms with van der Waals surface area (Å²) in [5.41, 5.74) is 1.43. The smallest absolute Gasteiger partial charge is 0.338 e. The lowest BCUT2D eigenvalue weighted by Gasteiger charge is -2.08. The van der Waals surface area contributed by atoms with E-state index in [2.05, 4.69) is 20.3 Å². The van der Waals surface area contributed by atoms with Crippen LogP contribution in [-0.4, -0.2) is 34.1 Å². The molecule has 3 rings (SSSR count). The van der Waals surface area contributed by atoms with Crippen molar-refractivity contribution in [3.8, 4) is 6.07 Å². The van der Waals surface area contributed by atoms with Crippen LogP contribution in [0.5, 0.6) is 0 Å². The molecule has 2 heterocycles. The van der Waals surface area contributed by atoms with E-state index in [1.807, 2.05) is 6.07 Å². The zero-order valence-corrected chi connectivity index (χ0v) is 13.0. The third-order valence-corrected chi connectivity index (χ3v) is 3.37. The van der Waals surface area contributed by atoms with E-state index in [0.29, 0.717) is 34.5 Å². The van der Waals surface area contributed by atoms with Crippen molar-refractivity contribution in [2.45, 2.75) is 0 Å². The Bertz CT molecular complexity index is 1020. The summed E-state index contributed by atoms with van der Waals surface area (Å²) in [6, 6.07) is 10.1. The van der Waals surface area contributed by atoms with Gasteiger partial charge in [-0.2, -0.15) is 5.26 Å². The van der Waals surface area contributed by atoms with E-state index in [1.54, 1.807) is 30.5 Å². The first-order chi connectivity index (χ1) is 12.2. The first kappa shape index (κ1) is 16.1. The average Bonchev–Trinajstić information content (AvgIpc) is 2.64. The van der Waals surface area contributed by atoms with E-state index in [4.69, 9.17) is 10.00 Å². The molecule has 1 aromatic carbocycles. The highest BCUT2D eigenvalue weighted by molar-refractivity contribution is 5.93. The fraction of sp³-hybridized carbons (Fsp3) is 0.118. The number of fused-ring (bicyclic) bond motifs is 1. The molecule has 8 heteroatoms. The van der Waals surface area contributed by atoms with Crippen LogP contribution < -0.4 is 10.9 Å². The molecule has 0 spiro atoms. The van der Waals surface area contributed by atoms with E-state index < -0.39 is 5.97 Å². The van der Waals surface area contributed by atoms with E-state index in [-0.39, 0.29) is 12.2 Å². The van der Waals surface area contributed by atoms with Crippen LogP contribution in [0.1, 0.15) is 15.9 Å². The highest BCUT2D eigenvalue weighted by atomic mass is 16.5. The van der Waals surface area contributed by atoms with Crippen molar-refractivity contribution in [2.75, 3.05) is 18.5 Å². The Morgan fingerprint density at radius 1 is 1.32 bits per heavy atom. The number of benzene rings is 1. The first-order valence-electron chi connectivity index (χ1n) is 7.42. The SMILES string of the molecule is N#Cc1cccnc1NCCOC(=O)c1ccc2ncc(=O)[nH]c2c1. The number of rotatable bonds is 5. The molecule has 0 saturated heterocycles. The molecule has 124 valence electrons. The van der Waals surface area contributed by atoms with Gasteiger partial charge in [0.05, 0.1) is 34.9 Å². The summed E-state index contributed by atoms with van der Waals surface area (Å²) in [6.45, 7) is 0.408. The van der Waals surface area contributed by atoms with Crippen LogP contribution in [0.2, 0.25) is 0 Å². The van der Waals surface area contributed by atoms with E-state index in [0.717, 1.165) is 0 Å². The Balaban J connectivity index is 1.59. The number of nitrogens with one attached hydrogen (secondary N) is 2. The molecule has 25 heavy (non-hydrogen) atoms. The molecular weight excluding hydrogens is 322 g/mol. The van der Waals surface area contributed by atoms with Gasteiger partial charge < -0.3 is 15.0 Å². The molecule has 0 saturated carbocycles. The fourth-order valence-electron chi connectivity index (χ4n) is 2.20. The monoisotopic (exact) mass is 335 g/mol. The first-order valence-corrected chi connectivity index (χ1v) is 7.42. The number of aromatic amines is 1. The molecule has 0 bridgehead atoms. The summed E-state index contributed by atoms with van der Waals surface area (Å²) in [4.78, 5) is 34.0. The van der Waals surface area contributed by atoms with Crippen LogP contribution in [0.3, 0.4) is 0 Å². The zero-order chi connectivity index (χ0) is 17.6. The molecule has 0 radical (unpaired) electrons. The van der Waals surface area contributed by atoms with Gasteiger partial charge in [0.2, 0.25) is 0 Å². The third-order valence-electron chi connectivity index (χ3n) is 3.37. The number of H-pyrrole nitrogens is 1. The number of hydrogen-bond donors (Lipinski definition) is 2. The lowest BCUT2D eigenvalue weighted by atomic mass is 10.2. The molecule has 0 aliphatic heterocycles. The van der Waals surface area contributed by atoms with Gasteiger partial charge in [0.25, 0.3) is 5.56 Å². The van der Waals surface area contributed by atoms with Crippen LogP contribution >= 0.6 is 0 Å². The maximum absolute atomic E-state index is 12.1. The van der Waals surface area contributed by atoms with Gasteiger partial charge in [0.1, 0.15) is 18.5 Å². The number of pyridine rings is 1. The second kappa shape index (κ2) is 7.23. The Morgan fingerprint density at radius 3 is 3.04 bits per heavy atom. The van der Waals surface area contributed by atoms with Gasteiger partial charge in [-0.3, -0.25) is 4.79 Å². The Hall–Kier alpha value is -3.73. The van der Waals surface area contributed by atoms with Crippen molar-refractivity contribution in [2.24, 2.45) is 0 Å². The maximum atomic E-state index is 12.1. The van der Waals surface area contributed by atoms with Crippen molar-refractivity contribution in [1.82, 2.24) is 15.0 Å². The number of carbonyl (C=O) groups is 1. The lowest BCUT2D eigenvalue weighted by molar-refractivity contribution is 0.0521. The second-order valence-corrected chi connectivity index (χ2v) is 5.05. The quantitative estimate of drug-likeness (QED) is 0.535. The summed E-state index contributed by atoms with van der Waals surface area (Å²) in [6.07, 6.45) is 2.75. The second-order valence-electron chi connectivity index (χ2n) is 5.05. The molecule has 0 unspecified atom stereocenters. The number of hydrogen-bond acceptors (Lipinski definition) is 7. The van der Waals surface area contributed by atoms with Crippen molar-refractivity contribution in [1.29, 1.82) is 5.26 Å². The number of anilines is 1. The Morgan fingerprint density at radius 2 is 2.20 bits per heavy atom. The van der Waals surface area contributed by atoms with Crippen molar-refractivity contribution >= 4 is 22.8 Å². The molecule has 0 fully saturated rings. The van der Waals surface area contributed by atoms with Crippen molar-refractivity contribution in [3.05, 3.63) is 64.2 Å². The number of carbonyl (C=O) groups excluding carboxylic acids is 1. The van der Waals surface area contributed by atoms with Crippen LogP contribution in [0.15, 0.2) is 47.5 Å².